The molecule has 1 aliphatic rings. The number of nitrogens with zero attached hydrogens (tertiary/aromatic N) is 2. The Labute approximate surface area is 48.9 Å². The molecule has 0 aromatic heterocycles. The zero-order chi connectivity index (χ0) is 4.41. The summed E-state index contributed by atoms with van der Waals surface area (Å²) in [6.45, 7) is 0. The molecule has 5 heteroatoms. The number of halogens is 2. The maximum absolute atomic E-state index is 4.76. The second-order valence-corrected chi connectivity index (χ2v) is 15.3. The molecule has 0 aliphatic carbocycles. The van der Waals surface area contributed by atoms with Crippen LogP contribution in [-0.2, 0) is 0 Å². The molecule has 1 rings (SSSR count). The molecular weight excluding hydrogens is 308 g/mol. The quantitative estimate of drug-likeness (QED) is 0.338. The van der Waals surface area contributed by atoms with Gasteiger partial charge in [0.05, 0.1) is 0 Å². The molecule has 0 aromatic rings. The van der Waals surface area contributed by atoms with Crippen molar-refractivity contribution in [1.82, 2.24) is 0 Å². The van der Waals surface area contributed by atoms with Crippen LogP contribution in [0.1, 0.15) is 0 Å². The Kier molecular flexibility index (Phi) is 1.74. The molecule has 3 nitrogen and oxygen atoms in total. The molecule has 0 saturated heterocycles. The molecule has 0 atom stereocenters. The average Bonchev–Trinajstić information content (AvgIpc) is 2.21. The third-order valence-electron chi connectivity index (χ3n) is 0.272. The first-order chi connectivity index (χ1) is 2.93. The van der Waals surface area contributed by atoms with Gasteiger partial charge < -0.3 is 0 Å². The van der Waals surface area contributed by atoms with E-state index in [-0.39, 0.29) is 0 Å². The fourth-order valence-corrected chi connectivity index (χ4v) is 6.60. The molecule has 36 valence electrons. The summed E-state index contributed by atoms with van der Waals surface area (Å²) in [6, 6.07) is 0. The van der Waals surface area contributed by atoms with Crippen LogP contribution in [0.2, 0.25) is 0 Å². The second-order valence-electron chi connectivity index (χ2n) is 0.600. The summed E-state index contributed by atoms with van der Waals surface area (Å²) in [5, 5.41) is 3.19. The Morgan fingerprint density at radius 1 is 1.83 bits per heavy atom. The SMILES string of the molecule is NN=NI1C=I1. The van der Waals surface area contributed by atoms with Crippen LogP contribution in [0, 0.1) is 0 Å². The minimum atomic E-state index is -0.739. The molecule has 0 radical (unpaired) electrons. The third kappa shape index (κ3) is 1.45. The van der Waals surface area contributed by atoms with Crippen molar-refractivity contribution in [3.63, 3.8) is 0 Å². The summed E-state index contributed by atoms with van der Waals surface area (Å²) in [4.78, 5) is 0. The summed E-state index contributed by atoms with van der Waals surface area (Å²) in [5.41, 5.74) is 0. The molecule has 1 aliphatic heterocycles. The molecule has 0 aromatic carbocycles. The summed E-state index contributed by atoms with van der Waals surface area (Å²) in [6.07, 6.45) is 0. The predicted octanol–water partition coefficient (Wildman–Crippen LogP) is 1.39. The van der Waals surface area contributed by atoms with Crippen LogP contribution in [0.4, 0.5) is 0 Å². The van der Waals surface area contributed by atoms with Crippen molar-refractivity contribution in [2.24, 2.45) is 14.4 Å². The standard InChI is InChI=1S/CH3I2N3/c4-6-5-3-1-2-3/h1H,(H2,4,5). The fourth-order valence-electron chi connectivity index (χ4n) is 0.0886. The zero-order valence-corrected chi connectivity index (χ0v) is 7.12. The molecule has 0 fully saturated rings. The van der Waals surface area contributed by atoms with Gasteiger partial charge in [-0.25, -0.2) is 0 Å². The van der Waals surface area contributed by atoms with Crippen molar-refractivity contribution in [1.29, 1.82) is 0 Å². The van der Waals surface area contributed by atoms with Crippen molar-refractivity contribution >= 4 is 34.9 Å². The monoisotopic (exact) mass is 311 g/mol. The van der Waals surface area contributed by atoms with E-state index < -0.39 is 16.1 Å². The average molecular weight is 311 g/mol. The molecule has 0 amide bonds. The minimum absolute atomic E-state index is 0.459. The number of nitrogens with two attached hydrogens (primary N) is 1. The number of rotatable bonds is 1. The summed E-state index contributed by atoms with van der Waals surface area (Å²) < 4.78 is 6.09. The van der Waals surface area contributed by atoms with E-state index in [0.29, 0.717) is 16.8 Å². The van der Waals surface area contributed by atoms with E-state index in [1.54, 1.807) is 0 Å². The van der Waals surface area contributed by atoms with E-state index >= 15 is 0 Å². The molecule has 0 unspecified atom stereocenters. The van der Waals surface area contributed by atoms with Crippen molar-refractivity contribution in [3.8, 4) is 0 Å². The normalized spacial score (nSPS) is 24.3. The van der Waals surface area contributed by atoms with Crippen LogP contribution in [0.25, 0.3) is 0 Å². The zero-order valence-electron chi connectivity index (χ0n) is 2.81. The van der Waals surface area contributed by atoms with Gasteiger partial charge >= 0.3 is 49.3 Å². The van der Waals surface area contributed by atoms with E-state index in [9.17, 15) is 0 Å². The van der Waals surface area contributed by atoms with Crippen LogP contribution in [0.3, 0.4) is 0 Å². The first-order valence-corrected chi connectivity index (χ1v) is 10.9. The van der Waals surface area contributed by atoms with E-state index in [0.717, 1.165) is 0 Å². The second kappa shape index (κ2) is 2.15. The van der Waals surface area contributed by atoms with Crippen LogP contribution >= 0.6 is 32.9 Å². The maximum atomic E-state index is 4.76. The van der Waals surface area contributed by atoms with Gasteiger partial charge in [0, 0.05) is 0 Å². The number of hydrogen-bond acceptors (Lipinski definition) is 2. The van der Waals surface area contributed by atoms with Crippen molar-refractivity contribution < 1.29 is 0 Å². The molecule has 1 heterocycles. The van der Waals surface area contributed by atoms with Crippen LogP contribution in [-0.4, -0.2) is 2.02 Å². The molecule has 0 spiro atoms. The topological polar surface area (TPSA) is 50.7 Å². The van der Waals surface area contributed by atoms with Gasteiger partial charge in [-0.05, 0) is 0 Å². The van der Waals surface area contributed by atoms with E-state index in [1.165, 1.54) is 0 Å². The van der Waals surface area contributed by atoms with Gasteiger partial charge in [-0.3, -0.25) is 0 Å². The van der Waals surface area contributed by atoms with Gasteiger partial charge in [-0.1, -0.05) is 0 Å². The molecule has 6 heavy (non-hydrogen) atoms. The molecule has 0 bridgehead atoms. The van der Waals surface area contributed by atoms with Crippen LogP contribution < -0.4 is 5.84 Å². The van der Waals surface area contributed by atoms with Crippen LogP contribution in [0.15, 0.2) is 8.55 Å². The summed E-state index contributed by atoms with van der Waals surface area (Å²) in [5.74, 6) is 4.76. The Morgan fingerprint density at radius 3 is 2.67 bits per heavy atom. The Balaban J connectivity index is 2.19. The Morgan fingerprint density at radius 2 is 2.50 bits per heavy atom. The predicted molar refractivity (Wildman–Crippen MR) is 43.1 cm³/mol. The first kappa shape index (κ1) is 4.88. The molecule has 2 N–H and O–H groups in total. The fraction of sp³-hybridized carbons (Fsp3) is 0. The Hall–Kier alpha value is 0.730. The van der Waals surface area contributed by atoms with Gasteiger partial charge in [0.25, 0.3) is 0 Å². The van der Waals surface area contributed by atoms with Gasteiger partial charge in [0.1, 0.15) is 0 Å². The van der Waals surface area contributed by atoms with Gasteiger partial charge in [-0.15, -0.1) is 0 Å². The molecular formula is CH3I2N3. The van der Waals surface area contributed by atoms with Crippen molar-refractivity contribution in [2.45, 2.75) is 0 Å². The third-order valence-corrected chi connectivity index (χ3v) is 8.90. The van der Waals surface area contributed by atoms with Gasteiger partial charge in [0.15, 0.2) is 0 Å². The van der Waals surface area contributed by atoms with Crippen LogP contribution in [0.5, 0.6) is 0 Å². The van der Waals surface area contributed by atoms with Crippen molar-refractivity contribution in [2.75, 3.05) is 0 Å². The number of hydrogen-bond donors (Lipinski definition) is 1. The van der Waals surface area contributed by atoms with Crippen molar-refractivity contribution in [3.05, 3.63) is 0 Å². The Bertz CT molecular complexity index is 91.0. The van der Waals surface area contributed by atoms with Gasteiger partial charge in [-0.2, -0.15) is 0 Å². The summed E-state index contributed by atoms with van der Waals surface area (Å²) in [7, 11) is 0. The first-order valence-electron chi connectivity index (χ1n) is 1.21. The van der Waals surface area contributed by atoms with Gasteiger partial charge in [0.2, 0.25) is 0 Å². The molecule has 0 saturated carbocycles. The van der Waals surface area contributed by atoms with E-state index in [4.69, 9.17) is 5.84 Å². The summed E-state index contributed by atoms with van der Waals surface area (Å²) >= 11 is -0.280. The van der Waals surface area contributed by atoms with E-state index in [2.05, 4.69) is 10.6 Å². The van der Waals surface area contributed by atoms with E-state index in [1.807, 2.05) is 0 Å².